The van der Waals surface area contributed by atoms with Gasteiger partial charge in [0, 0.05) is 0 Å². The van der Waals surface area contributed by atoms with E-state index in [4.69, 9.17) is 12.2 Å². The molecule has 0 aliphatic carbocycles. The van der Waals surface area contributed by atoms with E-state index in [-0.39, 0.29) is 5.41 Å². The van der Waals surface area contributed by atoms with Crippen molar-refractivity contribution in [2.24, 2.45) is 11.3 Å². The molecule has 0 aromatic carbocycles. The molecule has 0 rings (SSSR count). The monoisotopic (exact) mass is 347 g/mol. The fourth-order valence-corrected chi connectivity index (χ4v) is 4.20. The summed E-state index contributed by atoms with van der Waals surface area (Å²) in [6.07, 6.45) is 11.9. The Morgan fingerprint density at radius 1 is 1.14 bits per heavy atom. The zero-order chi connectivity index (χ0) is 16.1. The van der Waals surface area contributed by atoms with Gasteiger partial charge in [-0.1, -0.05) is 70.5 Å². The first-order valence-electron chi connectivity index (χ1n) is 8.32. The van der Waals surface area contributed by atoms with Crippen LogP contribution in [0.25, 0.3) is 0 Å². The SMILES string of the molecule is CCCCCCCCCCC(C[SH2]C(=S)S)C(C)(C)C#N. The zero-order valence-corrected chi connectivity index (χ0v) is 16.7. The summed E-state index contributed by atoms with van der Waals surface area (Å²) in [6, 6.07) is 2.48. The van der Waals surface area contributed by atoms with Crippen LogP contribution in [0, 0.1) is 22.7 Å². The van der Waals surface area contributed by atoms with E-state index in [2.05, 4.69) is 39.5 Å². The van der Waals surface area contributed by atoms with Crippen molar-refractivity contribution >= 4 is 40.1 Å². The number of hydrogen-bond donors (Lipinski definition) is 1. The normalized spacial score (nSPS) is 13.9. The number of thiocarbonyl (C=S) groups is 1. The lowest BCUT2D eigenvalue weighted by Crippen LogP contribution is -2.24. The third-order valence-electron chi connectivity index (χ3n) is 4.21. The smallest absolute Gasteiger partial charge is 0.0785 e. The van der Waals surface area contributed by atoms with Crippen molar-refractivity contribution in [2.75, 3.05) is 5.75 Å². The Bertz CT molecular complexity index is 320. The van der Waals surface area contributed by atoms with Crippen LogP contribution in [0.3, 0.4) is 0 Å². The topological polar surface area (TPSA) is 23.8 Å². The van der Waals surface area contributed by atoms with E-state index >= 15 is 0 Å². The summed E-state index contributed by atoms with van der Waals surface area (Å²) in [5.74, 6) is 1.48. The van der Waals surface area contributed by atoms with Crippen LogP contribution in [0.1, 0.15) is 78.6 Å². The zero-order valence-electron chi connectivity index (χ0n) is 14.0. The second kappa shape index (κ2) is 12.8. The number of unbranched alkanes of at least 4 members (excludes halogenated alkanes) is 7. The van der Waals surface area contributed by atoms with Crippen LogP contribution in [0.4, 0.5) is 0 Å². The van der Waals surface area contributed by atoms with Gasteiger partial charge in [-0.25, -0.2) is 11.8 Å². The maximum Gasteiger partial charge on any atom is 0.0785 e. The molecule has 124 valence electrons. The fraction of sp³-hybridized carbons (Fsp3) is 0.882. The molecule has 1 atom stereocenters. The van der Waals surface area contributed by atoms with Gasteiger partial charge in [-0.05, 0) is 31.9 Å². The van der Waals surface area contributed by atoms with Crippen LogP contribution in [-0.2, 0) is 0 Å². The number of thiol groups is 1. The van der Waals surface area contributed by atoms with Crippen molar-refractivity contribution < 1.29 is 0 Å². The molecule has 4 heteroatoms. The van der Waals surface area contributed by atoms with Gasteiger partial charge in [-0.15, -0.1) is 12.6 Å². The molecule has 0 heterocycles. The summed E-state index contributed by atoms with van der Waals surface area (Å²) in [5, 5.41) is 9.35. The Hall–Kier alpha value is 0.280. The molecule has 1 nitrogen and oxygen atoms in total. The summed E-state index contributed by atoms with van der Waals surface area (Å²) in [6.45, 7) is 6.39. The van der Waals surface area contributed by atoms with Crippen LogP contribution in [0.5, 0.6) is 0 Å². The molecule has 0 radical (unpaired) electrons. The van der Waals surface area contributed by atoms with Gasteiger partial charge < -0.3 is 0 Å². The van der Waals surface area contributed by atoms with Crippen LogP contribution >= 0.6 is 36.6 Å². The predicted molar refractivity (Wildman–Crippen MR) is 107 cm³/mol. The van der Waals surface area contributed by atoms with E-state index < -0.39 is 0 Å². The van der Waals surface area contributed by atoms with Crippen molar-refractivity contribution in [1.29, 1.82) is 5.26 Å². The van der Waals surface area contributed by atoms with Gasteiger partial charge in [0.25, 0.3) is 0 Å². The quantitative estimate of drug-likeness (QED) is 0.262. The molecule has 0 amide bonds. The molecule has 0 aliphatic heterocycles. The van der Waals surface area contributed by atoms with Gasteiger partial charge in [0.1, 0.15) is 0 Å². The molecule has 0 aromatic heterocycles. The third-order valence-corrected chi connectivity index (χ3v) is 6.12. The molecule has 0 bridgehead atoms. The Morgan fingerprint density at radius 2 is 1.67 bits per heavy atom. The summed E-state index contributed by atoms with van der Waals surface area (Å²) in [5.41, 5.74) is -0.243. The number of nitrogens with zero attached hydrogens (tertiary/aromatic N) is 1. The third kappa shape index (κ3) is 11.5. The minimum absolute atomic E-state index is 0.243. The highest BCUT2D eigenvalue weighted by molar-refractivity contribution is 8.41. The highest BCUT2D eigenvalue weighted by Crippen LogP contribution is 2.34. The standard InChI is InChI=1S/C17H33NS3/c1-4-5-6-7-8-9-10-11-12-15(13-21-16(19)20)17(2,3)14-18/h15H,4-13,21H2,1-3H3,(H,19,20). The van der Waals surface area contributed by atoms with E-state index in [9.17, 15) is 5.26 Å². The van der Waals surface area contributed by atoms with E-state index in [1.54, 1.807) is 0 Å². The lowest BCUT2D eigenvalue weighted by Gasteiger charge is -2.28. The minimum Gasteiger partial charge on any atom is -0.223 e. The van der Waals surface area contributed by atoms with Crippen LogP contribution < -0.4 is 0 Å². The molecule has 0 saturated heterocycles. The lowest BCUT2D eigenvalue weighted by atomic mass is 9.78. The molecule has 21 heavy (non-hydrogen) atoms. The van der Waals surface area contributed by atoms with Gasteiger partial charge in [0.15, 0.2) is 0 Å². The van der Waals surface area contributed by atoms with Crippen LogP contribution in [0.15, 0.2) is 0 Å². The Labute approximate surface area is 147 Å². The highest BCUT2D eigenvalue weighted by Gasteiger charge is 2.28. The Kier molecular flexibility index (Phi) is 13.0. The van der Waals surface area contributed by atoms with Gasteiger partial charge in [-0.3, -0.25) is 0 Å². The number of rotatable bonds is 12. The van der Waals surface area contributed by atoms with E-state index in [0.29, 0.717) is 17.7 Å². The molecule has 0 N–H and O–H groups in total. The summed E-state index contributed by atoms with van der Waals surface area (Å²) in [7, 11) is 0. The van der Waals surface area contributed by atoms with Crippen molar-refractivity contribution in [2.45, 2.75) is 78.6 Å². The first kappa shape index (κ1) is 21.3. The van der Waals surface area contributed by atoms with E-state index in [0.717, 1.165) is 15.7 Å². The maximum atomic E-state index is 9.35. The van der Waals surface area contributed by atoms with E-state index in [1.165, 1.54) is 51.4 Å². The second-order valence-electron chi connectivity index (χ2n) is 6.48. The van der Waals surface area contributed by atoms with Gasteiger partial charge in [0.2, 0.25) is 0 Å². The molecule has 0 aliphatic rings. The largest absolute Gasteiger partial charge is 0.223 e. The molecule has 1 unspecified atom stereocenters. The van der Waals surface area contributed by atoms with Gasteiger partial charge >= 0.3 is 0 Å². The van der Waals surface area contributed by atoms with Gasteiger partial charge in [0.05, 0.1) is 15.0 Å². The van der Waals surface area contributed by atoms with Crippen molar-refractivity contribution in [3.63, 3.8) is 0 Å². The first-order chi connectivity index (χ1) is 9.94. The summed E-state index contributed by atoms with van der Waals surface area (Å²) >= 11 is 9.90. The Balaban J connectivity index is 3.92. The molecule has 0 fully saturated rings. The predicted octanol–water partition coefficient (Wildman–Crippen LogP) is 6.10. The maximum absolute atomic E-state index is 9.35. The molecule has 0 spiro atoms. The average molecular weight is 348 g/mol. The van der Waals surface area contributed by atoms with Crippen LogP contribution in [-0.4, -0.2) is 9.28 Å². The molecular formula is C17H33NS3. The van der Waals surface area contributed by atoms with Gasteiger partial charge in [-0.2, -0.15) is 5.26 Å². The summed E-state index contributed by atoms with van der Waals surface area (Å²) in [4.78, 5) is 0. The lowest BCUT2D eigenvalue weighted by molar-refractivity contribution is 0.296. The van der Waals surface area contributed by atoms with Crippen LogP contribution in [0.2, 0.25) is 0 Å². The number of hydrogen-bond acceptors (Lipinski definition) is 2. The molecule has 0 saturated carbocycles. The number of nitriles is 1. The Morgan fingerprint density at radius 3 is 2.14 bits per heavy atom. The highest BCUT2D eigenvalue weighted by atomic mass is 32.2. The fourth-order valence-electron chi connectivity index (χ4n) is 2.54. The van der Waals surface area contributed by atoms with Crippen molar-refractivity contribution in [3.05, 3.63) is 0 Å². The summed E-state index contributed by atoms with van der Waals surface area (Å²) < 4.78 is 0.796. The van der Waals surface area contributed by atoms with Crippen molar-refractivity contribution in [3.8, 4) is 6.07 Å². The first-order valence-corrected chi connectivity index (χ1v) is 10.4. The average Bonchev–Trinajstić information content (AvgIpc) is 2.44. The molecular weight excluding hydrogens is 314 g/mol. The van der Waals surface area contributed by atoms with Crippen molar-refractivity contribution in [1.82, 2.24) is 0 Å². The second-order valence-corrected chi connectivity index (χ2v) is 9.68. The molecule has 0 aromatic rings. The van der Waals surface area contributed by atoms with E-state index in [1.807, 2.05) is 0 Å². The minimum atomic E-state index is -0.243.